The number of hydrogen-bond acceptors (Lipinski definition) is 3. The monoisotopic (exact) mass is 233 g/mol. The largest absolute Gasteiger partial charge is 0.398 e. The fraction of sp³-hybridized carbons (Fsp3) is 0. The number of anilines is 2. The molecule has 0 aromatic heterocycles. The molecule has 86 valence electrons. The minimum atomic E-state index is 0.620. The molecule has 0 aliphatic rings. The lowest BCUT2D eigenvalue weighted by molar-refractivity contribution is 1.51. The Balaban J connectivity index is 2.58. The fourth-order valence-electron chi connectivity index (χ4n) is 2.33. The van der Waals surface area contributed by atoms with E-state index in [4.69, 9.17) is 16.7 Å². The van der Waals surface area contributed by atoms with Crippen LogP contribution >= 0.6 is 0 Å². The van der Waals surface area contributed by atoms with Gasteiger partial charge in [0.15, 0.2) is 0 Å². The van der Waals surface area contributed by atoms with Crippen molar-refractivity contribution in [1.29, 1.82) is 5.26 Å². The van der Waals surface area contributed by atoms with Crippen LogP contribution in [-0.2, 0) is 0 Å². The van der Waals surface area contributed by atoms with Crippen molar-refractivity contribution >= 4 is 32.9 Å². The molecule has 0 spiro atoms. The molecule has 0 bridgehead atoms. The summed E-state index contributed by atoms with van der Waals surface area (Å²) in [6.45, 7) is 0. The summed E-state index contributed by atoms with van der Waals surface area (Å²) in [5.41, 5.74) is 14.1. The van der Waals surface area contributed by atoms with E-state index in [9.17, 15) is 0 Å². The minimum absolute atomic E-state index is 0.620. The van der Waals surface area contributed by atoms with Gasteiger partial charge in [0.1, 0.15) is 0 Å². The Bertz CT molecular complexity index is 813. The number of fused-ring (bicyclic) bond motifs is 2. The van der Waals surface area contributed by atoms with Gasteiger partial charge in [0.05, 0.1) is 11.6 Å². The van der Waals surface area contributed by atoms with Gasteiger partial charge < -0.3 is 11.5 Å². The van der Waals surface area contributed by atoms with Crippen molar-refractivity contribution < 1.29 is 0 Å². The highest BCUT2D eigenvalue weighted by atomic mass is 14.6. The number of benzene rings is 1. The highest BCUT2D eigenvalue weighted by molar-refractivity contribution is 6.14. The molecule has 3 rings (SSSR count). The summed E-state index contributed by atoms with van der Waals surface area (Å²) in [4.78, 5) is 0. The first-order valence-electron chi connectivity index (χ1n) is 5.61. The maximum Gasteiger partial charge on any atom is 0.0992 e. The molecule has 18 heavy (non-hydrogen) atoms. The fourth-order valence-corrected chi connectivity index (χ4v) is 2.33. The second-order valence-corrected chi connectivity index (χ2v) is 4.29. The van der Waals surface area contributed by atoms with Crippen LogP contribution in [-0.4, -0.2) is 0 Å². The Morgan fingerprint density at radius 1 is 0.944 bits per heavy atom. The Morgan fingerprint density at radius 3 is 2.50 bits per heavy atom. The molecule has 3 nitrogen and oxygen atoms in total. The number of nitriles is 1. The highest BCUT2D eigenvalue weighted by Gasteiger charge is 2.09. The van der Waals surface area contributed by atoms with Gasteiger partial charge in [0, 0.05) is 22.1 Å². The van der Waals surface area contributed by atoms with Crippen LogP contribution in [0.2, 0.25) is 0 Å². The van der Waals surface area contributed by atoms with E-state index in [-0.39, 0.29) is 0 Å². The van der Waals surface area contributed by atoms with Crippen LogP contribution < -0.4 is 11.5 Å². The molecule has 0 saturated heterocycles. The van der Waals surface area contributed by atoms with Crippen LogP contribution in [0.5, 0.6) is 0 Å². The molecular weight excluding hydrogens is 222 g/mol. The molecule has 3 heteroatoms. The Kier molecular flexibility index (Phi) is 2.11. The van der Waals surface area contributed by atoms with Gasteiger partial charge in [-0.3, -0.25) is 0 Å². The molecule has 3 aromatic rings. The van der Waals surface area contributed by atoms with Gasteiger partial charge in [-0.2, -0.15) is 5.26 Å². The Morgan fingerprint density at radius 2 is 1.72 bits per heavy atom. The molecule has 0 aliphatic carbocycles. The van der Waals surface area contributed by atoms with E-state index in [1.54, 1.807) is 6.07 Å². The summed E-state index contributed by atoms with van der Waals surface area (Å²) in [5.74, 6) is 0. The molecule has 0 aliphatic heterocycles. The lowest BCUT2D eigenvalue weighted by Gasteiger charge is -2.04. The van der Waals surface area contributed by atoms with Crippen molar-refractivity contribution in [1.82, 2.24) is 0 Å². The van der Waals surface area contributed by atoms with Crippen molar-refractivity contribution in [2.45, 2.75) is 0 Å². The maximum absolute atomic E-state index is 8.95. The van der Waals surface area contributed by atoms with E-state index in [0.29, 0.717) is 16.9 Å². The molecule has 0 fully saturated rings. The second kappa shape index (κ2) is 3.64. The SMILES string of the molecule is N#Cc1cc2cc3ccccc(N)c3c(N)c2c1. The summed E-state index contributed by atoms with van der Waals surface area (Å²) in [6, 6.07) is 15.4. The normalized spacial score (nSPS) is 10.6. The quantitative estimate of drug-likeness (QED) is 0.586. The predicted molar refractivity (Wildman–Crippen MR) is 75.0 cm³/mol. The number of nitrogens with zero attached hydrogens (tertiary/aromatic N) is 1. The predicted octanol–water partition coefficient (Wildman–Crippen LogP) is 3.03. The zero-order valence-electron chi connectivity index (χ0n) is 9.64. The van der Waals surface area contributed by atoms with Gasteiger partial charge in [-0.25, -0.2) is 0 Å². The van der Waals surface area contributed by atoms with E-state index in [1.165, 1.54) is 0 Å². The van der Waals surface area contributed by atoms with Crippen LogP contribution in [0, 0.1) is 11.3 Å². The Hall–Kier alpha value is -2.73. The van der Waals surface area contributed by atoms with Gasteiger partial charge in [-0.05, 0) is 35.0 Å². The zero-order chi connectivity index (χ0) is 12.7. The Labute approximate surface area is 104 Å². The number of nitrogens with two attached hydrogens (primary N) is 2. The second-order valence-electron chi connectivity index (χ2n) is 4.29. The smallest absolute Gasteiger partial charge is 0.0992 e. The third kappa shape index (κ3) is 1.36. The highest BCUT2D eigenvalue weighted by Crippen LogP contribution is 2.34. The lowest BCUT2D eigenvalue weighted by atomic mass is 10.1. The van der Waals surface area contributed by atoms with Gasteiger partial charge in [0.25, 0.3) is 0 Å². The van der Waals surface area contributed by atoms with Gasteiger partial charge in [-0.1, -0.05) is 18.2 Å². The first-order valence-corrected chi connectivity index (χ1v) is 5.61. The topological polar surface area (TPSA) is 75.8 Å². The minimum Gasteiger partial charge on any atom is -0.398 e. The van der Waals surface area contributed by atoms with Gasteiger partial charge >= 0.3 is 0 Å². The first-order chi connectivity index (χ1) is 8.70. The van der Waals surface area contributed by atoms with Crippen molar-refractivity contribution in [3.05, 3.63) is 48.0 Å². The molecule has 0 unspecified atom stereocenters. The van der Waals surface area contributed by atoms with Crippen LogP contribution in [0.15, 0.2) is 42.5 Å². The summed E-state index contributed by atoms with van der Waals surface area (Å²) >= 11 is 0. The summed E-state index contributed by atoms with van der Waals surface area (Å²) in [7, 11) is 0. The third-order valence-corrected chi connectivity index (χ3v) is 3.16. The molecule has 0 saturated carbocycles. The van der Waals surface area contributed by atoms with Crippen LogP contribution in [0.25, 0.3) is 21.5 Å². The average molecular weight is 233 g/mol. The van der Waals surface area contributed by atoms with Crippen molar-refractivity contribution in [2.75, 3.05) is 11.5 Å². The summed E-state index contributed by atoms with van der Waals surface area (Å²) in [6.07, 6.45) is 0. The van der Waals surface area contributed by atoms with E-state index in [1.807, 2.05) is 36.4 Å². The zero-order valence-corrected chi connectivity index (χ0v) is 9.64. The number of hydrogen-bond donors (Lipinski definition) is 2. The maximum atomic E-state index is 8.95. The van der Waals surface area contributed by atoms with Crippen LogP contribution in [0.1, 0.15) is 5.56 Å². The van der Waals surface area contributed by atoms with Crippen molar-refractivity contribution in [3.8, 4) is 6.07 Å². The first kappa shape index (κ1) is 10.4. The lowest BCUT2D eigenvalue weighted by Crippen LogP contribution is -1.91. The van der Waals surface area contributed by atoms with E-state index in [2.05, 4.69) is 6.07 Å². The number of rotatable bonds is 0. The molecule has 0 radical (unpaired) electrons. The molecule has 4 N–H and O–H groups in total. The molecular formula is C15H11N3. The van der Waals surface area contributed by atoms with Crippen LogP contribution in [0.3, 0.4) is 0 Å². The summed E-state index contributed by atoms with van der Waals surface area (Å²) < 4.78 is 0. The van der Waals surface area contributed by atoms with E-state index in [0.717, 1.165) is 21.5 Å². The van der Waals surface area contributed by atoms with E-state index < -0.39 is 0 Å². The molecule has 0 atom stereocenters. The van der Waals surface area contributed by atoms with Crippen molar-refractivity contribution in [3.63, 3.8) is 0 Å². The standard InChI is InChI=1S/C15H11N3/c16-8-9-5-11-7-10-3-1-2-4-13(17)14(10)15(18)12(11)6-9/h1-7H,17-18H2. The molecule has 0 heterocycles. The van der Waals surface area contributed by atoms with Crippen molar-refractivity contribution in [2.24, 2.45) is 0 Å². The van der Waals surface area contributed by atoms with Crippen LogP contribution in [0.4, 0.5) is 11.4 Å². The average Bonchev–Trinajstić information content (AvgIpc) is 2.68. The molecule has 3 aromatic carbocycles. The van der Waals surface area contributed by atoms with E-state index >= 15 is 0 Å². The number of nitrogen functional groups attached to an aromatic ring is 2. The van der Waals surface area contributed by atoms with Gasteiger partial charge in [-0.15, -0.1) is 0 Å². The third-order valence-electron chi connectivity index (χ3n) is 3.16. The summed E-state index contributed by atoms with van der Waals surface area (Å²) in [5, 5.41) is 12.6. The van der Waals surface area contributed by atoms with Gasteiger partial charge in [0.2, 0.25) is 0 Å². The molecule has 0 amide bonds.